The van der Waals surface area contributed by atoms with Crippen molar-refractivity contribution < 1.29 is 22.1 Å². The molecule has 1 atom stereocenters. The summed E-state index contributed by atoms with van der Waals surface area (Å²) in [6.45, 7) is 6.99. The van der Waals surface area contributed by atoms with E-state index < -0.39 is 22.1 Å². The summed E-state index contributed by atoms with van der Waals surface area (Å²) in [6, 6.07) is 3.90. The average Bonchev–Trinajstić information content (AvgIpc) is 2.23. The van der Waals surface area contributed by atoms with Crippen molar-refractivity contribution in [3.8, 4) is 5.75 Å². The number of halogens is 3. The first-order valence-corrected chi connectivity index (χ1v) is 6.92. The Morgan fingerprint density at radius 1 is 1.25 bits per heavy atom. The standard InChI is InChI=1S/C13H16F3NO2S/c1-9-7-11(19-13(14,15)16)6-5-10(9)8-17-20(18)12(2,3)4/h5-8H,1-4H3/b17-8+/t20-/m1/s1. The van der Waals surface area contributed by atoms with Crippen LogP contribution in [0.3, 0.4) is 0 Å². The van der Waals surface area contributed by atoms with E-state index in [1.807, 2.05) is 0 Å². The molecule has 7 heteroatoms. The van der Waals surface area contributed by atoms with Gasteiger partial charge in [0.2, 0.25) is 0 Å². The quantitative estimate of drug-likeness (QED) is 0.797. The lowest BCUT2D eigenvalue weighted by molar-refractivity contribution is -0.274. The van der Waals surface area contributed by atoms with E-state index in [-0.39, 0.29) is 5.75 Å². The predicted octanol–water partition coefficient (Wildman–Crippen LogP) is 3.77. The Labute approximate surface area is 118 Å². The van der Waals surface area contributed by atoms with Gasteiger partial charge in [-0.25, -0.2) is 4.21 Å². The summed E-state index contributed by atoms with van der Waals surface area (Å²) in [4.78, 5) is 0. The molecule has 0 spiro atoms. The van der Waals surface area contributed by atoms with E-state index >= 15 is 0 Å². The smallest absolute Gasteiger partial charge is 0.406 e. The van der Waals surface area contributed by atoms with Gasteiger partial charge < -0.3 is 4.74 Å². The Hall–Kier alpha value is -1.37. The molecule has 0 bridgehead atoms. The van der Waals surface area contributed by atoms with Crippen LogP contribution in [0.25, 0.3) is 0 Å². The molecular weight excluding hydrogens is 291 g/mol. The van der Waals surface area contributed by atoms with Crippen LogP contribution in [-0.4, -0.2) is 21.5 Å². The Kier molecular flexibility index (Phi) is 4.96. The van der Waals surface area contributed by atoms with Crippen LogP contribution in [0.4, 0.5) is 13.2 Å². The summed E-state index contributed by atoms with van der Waals surface area (Å²) in [5.41, 5.74) is 1.15. The van der Waals surface area contributed by atoms with E-state index in [1.165, 1.54) is 24.4 Å². The summed E-state index contributed by atoms with van der Waals surface area (Å²) in [5, 5.41) is 0. The number of alkyl halides is 3. The van der Waals surface area contributed by atoms with Crippen molar-refractivity contribution in [2.45, 2.75) is 38.8 Å². The molecule has 0 aromatic heterocycles. The Morgan fingerprint density at radius 3 is 2.30 bits per heavy atom. The van der Waals surface area contributed by atoms with Crippen molar-refractivity contribution in [3.63, 3.8) is 0 Å². The van der Waals surface area contributed by atoms with Crippen LogP contribution in [0.1, 0.15) is 31.9 Å². The van der Waals surface area contributed by atoms with E-state index in [0.29, 0.717) is 11.1 Å². The van der Waals surface area contributed by atoms with E-state index in [2.05, 4.69) is 9.13 Å². The van der Waals surface area contributed by atoms with Gasteiger partial charge in [0.05, 0.1) is 4.75 Å². The van der Waals surface area contributed by atoms with E-state index in [4.69, 9.17) is 0 Å². The maximum atomic E-state index is 12.1. The average molecular weight is 307 g/mol. The number of ether oxygens (including phenoxy) is 1. The molecule has 0 saturated heterocycles. The van der Waals surface area contributed by atoms with Gasteiger partial charge >= 0.3 is 6.36 Å². The first-order chi connectivity index (χ1) is 8.99. The fraction of sp³-hybridized carbons (Fsp3) is 0.462. The lowest BCUT2D eigenvalue weighted by Crippen LogP contribution is -2.19. The SMILES string of the molecule is Cc1cc(OC(F)(F)F)ccc1/C=N/[S@](=O)C(C)(C)C. The first-order valence-electron chi connectivity index (χ1n) is 5.81. The minimum atomic E-state index is -4.71. The molecular formula is C13H16F3NO2S. The topological polar surface area (TPSA) is 38.7 Å². The highest BCUT2D eigenvalue weighted by molar-refractivity contribution is 7.85. The normalized spacial score (nSPS) is 14.6. The van der Waals surface area contributed by atoms with Crippen LogP contribution >= 0.6 is 0 Å². The molecule has 112 valence electrons. The molecule has 1 aromatic carbocycles. The largest absolute Gasteiger partial charge is 0.573 e. The van der Waals surface area contributed by atoms with Crippen LogP contribution in [0.2, 0.25) is 0 Å². The monoisotopic (exact) mass is 307 g/mol. The van der Waals surface area contributed by atoms with Gasteiger partial charge in [-0.15, -0.1) is 13.2 Å². The second-order valence-corrected chi connectivity index (χ2v) is 7.10. The molecule has 0 unspecified atom stereocenters. The Morgan fingerprint density at radius 2 is 1.85 bits per heavy atom. The van der Waals surface area contributed by atoms with Crippen LogP contribution in [0, 0.1) is 6.92 Å². The second kappa shape index (κ2) is 5.95. The highest BCUT2D eigenvalue weighted by Gasteiger charge is 2.31. The van der Waals surface area contributed by atoms with E-state index in [1.54, 1.807) is 27.7 Å². The van der Waals surface area contributed by atoms with Gasteiger partial charge in [-0.05, 0) is 57.0 Å². The highest BCUT2D eigenvalue weighted by Crippen LogP contribution is 2.24. The molecule has 0 fully saturated rings. The Bertz CT molecular complexity index is 533. The summed E-state index contributed by atoms with van der Waals surface area (Å²) in [7, 11) is -1.41. The lowest BCUT2D eigenvalue weighted by atomic mass is 10.1. The van der Waals surface area contributed by atoms with Gasteiger partial charge in [0, 0.05) is 6.21 Å². The van der Waals surface area contributed by atoms with E-state index in [9.17, 15) is 17.4 Å². The molecule has 3 nitrogen and oxygen atoms in total. The van der Waals surface area contributed by atoms with Gasteiger partial charge in [0.15, 0.2) is 0 Å². The molecule has 0 heterocycles. The van der Waals surface area contributed by atoms with Gasteiger partial charge in [-0.1, -0.05) is 0 Å². The zero-order valence-electron chi connectivity index (χ0n) is 11.6. The maximum absolute atomic E-state index is 12.1. The number of benzene rings is 1. The summed E-state index contributed by atoms with van der Waals surface area (Å²) >= 11 is 0. The van der Waals surface area contributed by atoms with Crippen molar-refractivity contribution in [2.75, 3.05) is 0 Å². The van der Waals surface area contributed by atoms with Crippen molar-refractivity contribution in [1.29, 1.82) is 0 Å². The fourth-order valence-electron chi connectivity index (χ4n) is 1.25. The summed E-state index contributed by atoms with van der Waals surface area (Å²) in [6.07, 6.45) is -3.32. The molecule has 1 aromatic rings. The predicted molar refractivity (Wildman–Crippen MR) is 73.4 cm³/mol. The molecule has 0 aliphatic carbocycles. The summed E-state index contributed by atoms with van der Waals surface area (Å²) in [5.74, 6) is -0.288. The number of hydrogen-bond donors (Lipinski definition) is 0. The minimum absolute atomic E-state index is 0.288. The third-order valence-corrected chi connectivity index (χ3v) is 3.63. The molecule has 0 N–H and O–H groups in total. The fourth-order valence-corrected chi connectivity index (χ4v) is 1.78. The van der Waals surface area contributed by atoms with Crippen LogP contribution in [0.5, 0.6) is 5.75 Å². The maximum Gasteiger partial charge on any atom is 0.573 e. The number of aryl methyl sites for hydroxylation is 1. The number of rotatable bonds is 3. The van der Waals surface area contributed by atoms with Gasteiger partial charge in [-0.3, -0.25) is 0 Å². The van der Waals surface area contributed by atoms with Gasteiger partial charge in [-0.2, -0.15) is 4.40 Å². The van der Waals surface area contributed by atoms with Crippen molar-refractivity contribution >= 4 is 17.2 Å². The van der Waals surface area contributed by atoms with Crippen molar-refractivity contribution in [3.05, 3.63) is 29.3 Å². The molecule has 20 heavy (non-hydrogen) atoms. The van der Waals surface area contributed by atoms with Gasteiger partial charge in [0.1, 0.15) is 16.7 Å². The molecule has 0 aliphatic heterocycles. The molecule has 0 aliphatic rings. The van der Waals surface area contributed by atoms with Crippen LogP contribution in [0.15, 0.2) is 22.6 Å². The zero-order chi connectivity index (χ0) is 15.6. The third-order valence-electron chi connectivity index (χ3n) is 2.29. The second-order valence-electron chi connectivity index (χ2n) is 5.16. The Balaban J connectivity index is 2.89. The zero-order valence-corrected chi connectivity index (χ0v) is 12.4. The van der Waals surface area contributed by atoms with Crippen molar-refractivity contribution in [1.82, 2.24) is 0 Å². The van der Waals surface area contributed by atoms with Gasteiger partial charge in [0.25, 0.3) is 0 Å². The number of nitrogens with zero attached hydrogens (tertiary/aromatic N) is 1. The summed E-state index contributed by atoms with van der Waals surface area (Å²) < 4.78 is 55.2. The molecule has 0 amide bonds. The van der Waals surface area contributed by atoms with Crippen LogP contribution in [-0.2, 0) is 11.0 Å². The van der Waals surface area contributed by atoms with E-state index in [0.717, 1.165) is 0 Å². The first kappa shape index (κ1) is 16.7. The van der Waals surface area contributed by atoms with Crippen molar-refractivity contribution in [2.24, 2.45) is 4.40 Å². The molecule has 0 saturated carbocycles. The number of hydrogen-bond acceptors (Lipinski definition) is 2. The lowest BCUT2D eigenvalue weighted by Gasteiger charge is -2.13. The van der Waals surface area contributed by atoms with Crippen LogP contribution < -0.4 is 4.74 Å². The third kappa shape index (κ3) is 5.32. The molecule has 1 rings (SSSR count). The minimum Gasteiger partial charge on any atom is -0.406 e. The highest BCUT2D eigenvalue weighted by atomic mass is 32.2. The molecule has 0 radical (unpaired) electrons.